The standard InChI is InChI=1S/C29H28N6O5/c30-17-21-5-8-25(27(37)32-21)35-28(38)23-7-6-22(16-24(23)29(35)39)40-15-3-1-2-10-33-11-13-34(14-12-33)26-9-4-20(19-36)18-31-26/h4-9,16,18-19H,1-3,10-15H2,(H,32,37). The summed E-state index contributed by atoms with van der Waals surface area (Å²) in [5.41, 5.74) is 0.193. The third-order valence-corrected chi connectivity index (χ3v) is 7.10. The van der Waals surface area contributed by atoms with E-state index in [9.17, 15) is 19.2 Å². The van der Waals surface area contributed by atoms with E-state index in [0.717, 1.165) is 69.0 Å². The Morgan fingerprint density at radius 1 is 0.950 bits per heavy atom. The highest BCUT2D eigenvalue weighted by Gasteiger charge is 2.38. The van der Waals surface area contributed by atoms with Crippen LogP contribution in [0, 0.1) is 11.3 Å². The van der Waals surface area contributed by atoms with Crippen LogP contribution in [0.15, 0.2) is 53.5 Å². The molecule has 0 unspecified atom stereocenters. The molecular weight excluding hydrogens is 512 g/mol. The van der Waals surface area contributed by atoms with Crippen molar-refractivity contribution in [1.29, 1.82) is 5.26 Å². The maximum absolute atomic E-state index is 13.0. The molecule has 0 radical (unpaired) electrons. The molecule has 2 amide bonds. The Bertz CT molecular complexity index is 1520. The summed E-state index contributed by atoms with van der Waals surface area (Å²) in [5, 5.41) is 8.94. The molecule has 1 N–H and O–H groups in total. The van der Waals surface area contributed by atoms with E-state index in [2.05, 4.69) is 19.8 Å². The van der Waals surface area contributed by atoms with Crippen LogP contribution in [0.4, 0.5) is 11.5 Å². The molecule has 4 heterocycles. The number of imide groups is 1. The molecule has 0 aliphatic carbocycles. The third-order valence-electron chi connectivity index (χ3n) is 7.10. The van der Waals surface area contributed by atoms with Crippen molar-refractivity contribution in [2.75, 3.05) is 49.1 Å². The molecule has 0 bridgehead atoms. The summed E-state index contributed by atoms with van der Waals surface area (Å²) < 4.78 is 5.85. The Morgan fingerprint density at radius 3 is 2.45 bits per heavy atom. The maximum Gasteiger partial charge on any atom is 0.273 e. The van der Waals surface area contributed by atoms with Crippen molar-refractivity contribution in [3.8, 4) is 11.8 Å². The van der Waals surface area contributed by atoms with E-state index in [1.54, 1.807) is 18.3 Å². The van der Waals surface area contributed by atoms with Gasteiger partial charge in [0, 0.05) is 37.9 Å². The Balaban J connectivity index is 1.05. The molecule has 2 aliphatic rings. The molecule has 40 heavy (non-hydrogen) atoms. The molecule has 2 aromatic heterocycles. The van der Waals surface area contributed by atoms with Gasteiger partial charge in [-0.05, 0) is 68.3 Å². The second-order valence-electron chi connectivity index (χ2n) is 9.66. The number of carbonyl (C=O) groups is 3. The highest BCUT2D eigenvalue weighted by molar-refractivity contribution is 6.34. The lowest BCUT2D eigenvalue weighted by molar-refractivity contribution is 0.0925. The first kappa shape index (κ1) is 26.8. The molecule has 3 aromatic rings. The van der Waals surface area contributed by atoms with Crippen LogP contribution in [-0.2, 0) is 0 Å². The average Bonchev–Trinajstić information content (AvgIpc) is 3.23. The molecule has 0 atom stereocenters. The number of nitrogens with zero attached hydrogens (tertiary/aromatic N) is 5. The number of unbranched alkanes of at least 4 members (excludes halogenated alkanes) is 2. The number of rotatable bonds is 10. The topological polar surface area (TPSA) is 140 Å². The Kier molecular flexibility index (Phi) is 7.98. The lowest BCUT2D eigenvalue weighted by Crippen LogP contribution is -2.46. The summed E-state index contributed by atoms with van der Waals surface area (Å²) in [6, 6.07) is 12.9. The summed E-state index contributed by atoms with van der Waals surface area (Å²) in [5.74, 6) is 0.196. The van der Waals surface area contributed by atoms with Crippen molar-refractivity contribution in [2.45, 2.75) is 19.3 Å². The van der Waals surface area contributed by atoms with Gasteiger partial charge in [-0.15, -0.1) is 0 Å². The zero-order valence-electron chi connectivity index (χ0n) is 21.8. The smallest absolute Gasteiger partial charge is 0.273 e. The molecule has 0 saturated carbocycles. The van der Waals surface area contributed by atoms with Crippen LogP contribution in [0.3, 0.4) is 0 Å². The van der Waals surface area contributed by atoms with E-state index in [1.165, 1.54) is 24.3 Å². The van der Waals surface area contributed by atoms with E-state index in [4.69, 9.17) is 10.00 Å². The van der Waals surface area contributed by atoms with Crippen LogP contribution >= 0.6 is 0 Å². The first-order valence-corrected chi connectivity index (χ1v) is 13.2. The molecule has 0 spiro atoms. The fourth-order valence-electron chi connectivity index (χ4n) is 4.89. The number of pyridine rings is 2. The van der Waals surface area contributed by atoms with Crippen LogP contribution in [0.5, 0.6) is 5.75 Å². The van der Waals surface area contributed by atoms with Crippen LogP contribution < -0.4 is 20.1 Å². The molecule has 1 aromatic carbocycles. The van der Waals surface area contributed by atoms with Gasteiger partial charge in [-0.25, -0.2) is 9.88 Å². The number of aromatic amines is 1. The number of fused-ring (bicyclic) bond motifs is 1. The summed E-state index contributed by atoms with van der Waals surface area (Å²) in [6.45, 7) is 5.20. The predicted octanol–water partition coefficient (Wildman–Crippen LogP) is 2.63. The van der Waals surface area contributed by atoms with Gasteiger partial charge in [-0.3, -0.25) is 24.1 Å². The second kappa shape index (κ2) is 11.9. The van der Waals surface area contributed by atoms with Crippen LogP contribution in [-0.4, -0.2) is 72.3 Å². The number of nitriles is 1. The maximum atomic E-state index is 13.0. The summed E-state index contributed by atoms with van der Waals surface area (Å²) >= 11 is 0. The number of carbonyl (C=O) groups excluding carboxylic acids is 3. The van der Waals surface area contributed by atoms with Crippen molar-refractivity contribution in [2.24, 2.45) is 0 Å². The zero-order chi connectivity index (χ0) is 28.1. The SMILES string of the molecule is N#Cc1ccc(N2C(=O)c3ccc(OCCCCCN4CCN(c5ccc(C=O)cn5)CC4)cc3C2=O)c(=O)[nH]1. The number of anilines is 2. The van der Waals surface area contributed by atoms with Crippen molar-refractivity contribution >= 4 is 29.6 Å². The monoisotopic (exact) mass is 540 g/mol. The van der Waals surface area contributed by atoms with Crippen LogP contribution in [0.2, 0.25) is 0 Å². The molecule has 1 saturated heterocycles. The Hall–Kier alpha value is -4.82. The second-order valence-corrected chi connectivity index (χ2v) is 9.66. The summed E-state index contributed by atoms with van der Waals surface area (Å²) in [7, 11) is 0. The largest absolute Gasteiger partial charge is 0.494 e. The Morgan fingerprint density at radius 2 is 1.75 bits per heavy atom. The number of hydrogen-bond acceptors (Lipinski definition) is 9. The van der Waals surface area contributed by atoms with Gasteiger partial charge in [0.15, 0.2) is 6.29 Å². The van der Waals surface area contributed by atoms with E-state index in [0.29, 0.717) is 17.9 Å². The van der Waals surface area contributed by atoms with Gasteiger partial charge in [0.1, 0.15) is 29.0 Å². The van der Waals surface area contributed by atoms with Gasteiger partial charge in [-0.1, -0.05) is 0 Å². The number of aromatic nitrogens is 2. The fourth-order valence-corrected chi connectivity index (χ4v) is 4.89. The first-order valence-electron chi connectivity index (χ1n) is 13.2. The number of amides is 2. The van der Waals surface area contributed by atoms with E-state index < -0.39 is 17.4 Å². The molecule has 11 nitrogen and oxygen atoms in total. The highest BCUT2D eigenvalue weighted by Crippen LogP contribution is 2.29. The lowest BCUT2D eigenvalue weighted by Gasteiger charge is -2.35. The third kappa shape index (κ3) is 5.62. The van der Waals surface area contributed by atoms with Crippen LogP contribution in [0.25, 0.3) is 0 Å². The molecule has 5 rings (SSSR count). The number of ether oxygens (including phenoxy) is 1. The number of hydrogen-bond donors (Lipinski definition) is 1. The van der Waals surface area contributed by atoms with Gasteiger partial charge < -0.3 is 14.6 Å². The number of H-pyrrole nitrogens is 1. The fraction of sp³-hybridized carbons (Fsp3) is 0.310. The molecule has 1 fully saturated rings. The minimum absolute atomic E-state index is 0.0417. The summed E-state index contributed by atoms with van der Waals surface area (Å²) in [6.07, 6.45) is 5.29. The normalized spacial score (nSPS) is 15.2. The van der Waals surface area contributed by atoms with E-state index >= 15 is 0 Å². The predicted molar refractivity (Wildman–Crippen MR) is 147 cm³/mol. The molecule has 204 valence electrons. The van der Waals surface area contributed by atoms with Crippen molar-refractivity contribution < 1.29 is 19.1 Å². The lowest BCUT2D eigenvalue weighted by atomic mass is 10.1. The van der Waals surface area contributed by atoms with Gasteiger partial charge in [0.05, 0.1) is 17.7 Å². The highest BCUT2D eigenvalue weighted by atomic mass is 16.5. The van der Waals surface area contributed by atoms with E-state index in [-0.39, 0.29) is 22.5 Å². The van der Waals surface area contributed by atoms with Crippen LogP contribution in [0.1, 0.15) is 56.0 Å². The van der Waals surface area contributed by atoms with Gasteiger partial charge in [0.2, 0.25) is 0 Å². The van der Waals surface area contributed by atoms with Crippen molar-refractivity contribution in [3.05, 3.63) is 81.4 Å². The minimum atomic E-state index is -0.686. The molecular formula is C29H28N6O5. The van der Waals surface area contributed by atoms with Crippen molar-refractivity contribution in [1.82, 2.24) is 14.9 Å². The van der Waals surface area contributed by atoms with Crippen molar-refractivity contribution in [3.63, 3.8) is 0 Å². The Labute approximate surface area is 230 Å². The average molecular weight is 541 g/mol. The molecule has 11 heteroatoms. The van der Waals surface area contributed by atoms with E-state index in [1.807, 2.05) is 12.1 Å². The van der Waals surface area contributed by atoms with Gasteiger partial charge in [0.25, 0.3) is 17.4 Å². The minimum Gasteiger partial charge on any atom is -0.494 e. The summed E-state index contributed by atoms with van der Waals surface area (Å²) in [4.78, 5) is 61.1. The van der Waals surface area contributed by atoms with Gasteiger partial charge in [-0.2, -0.15) is 5.26 Å². The number of benzene rings is 1. The van der Waals surface area contributed by atoms with Gasteiger partial charge >= 0.3 is 0 Å². The number of piperazine rings is 1. The first-order chi connectivity index (χ1) is 19.5. The number of nitrogens with one attached hydrogen (secondary N) is 1. The molecule has 2 aliphatic heterocycles. The quantitative estimate of drug-likeness (QED) is 0.233. The zero-order valence-corrected chi connectivity index (χ0v) is 21.8. The number of aldehydes is 1.